The Morgan fingerprint density at radius 1 is 1.18 bits per heavy atom. The molecular weight excluding hydrogens is 216 g/mol. The Morgan fingerprint density at radius 2 is 1.88 bits per heavy atom. The smallest absolute Gasteiger partial charge is 0.261 e. The minimum Gasteiger partial charge on any atom is -0.382 e. The van der Waals surface area contributed by atoms with Crippen molar-refractivity contribution in [1.82, 2.24) is 4.90 Å². The average molecular weight is 230 g/mol. The van der Waals surface area contributed by atoms with E-state index in [1.807, 2.05) is 6.07 Å². The number of hydrogen-bond donors (Lipinski definition) is 1. The van der Waals surface area contributed by atoms with Gasteiger partial charge in [-0.1, -0.05) is 0 Å². The molecule has 0 atom stereocenters. The number of fused-ring (bicyclic) bond motifs is 1. The number of nitrogens with one attached hydrogen (secondary N) is 1. The van der Waals surface area contributed by atoms with Crippen molar-refractivity contribution in [2.24, 2.45) is 0 Å². The van der Waals surface area contributed by atoms with Gasteiger partial charge in [-0.25, -0.2) is 0 Å². The lowest BCUT2D eigenvalue weighted by Gasteiger charge is -2.27. The Kier molecular flexibility index (Phi) is 2.18. The summed E-state index contributed by atoms with van der Waals surface area (Å²) in [4.78, 5) is 24.7. The second-order valence-electron chi connectivity index (χ2n) is 4.70. The van der Waals surface area contributed by atoms with Crippen molar-refractivity contribution in [3.05, 3.63) is 29.3 Å². The van der Waals surface area contributed by atoms with Crippen LogP contribution in [0.2, 0.25) is 0 Å². The van der Waals surface area contributed by atoms with E-state index in [0.29, 0.717) is 17.2 Å². The largest absolute Gasteiger partial charge is 0.382 e. The molecule has 1 aliphatic heterocycles. The molecule has 1 N–H and O–H groups in total. The van der Waals surface area contributed by atoms with E-state index in [2.05, 4.69) is 5.32 Å². The van der Waals surface area contributed by atoms with E-state index in [4.69, 9.17) is 0 Å². The topological polar surface area (TPSA) is 49.4 Å². The van der Waals surface area contributed by atoms with Gasteiger partial charge in [-0.15, -0.1) is 0 Å². The summed E-state index contributed by atoms with van der Waals surface area (Å²) in [5.41, 5.74) is 1.96. The second kappa shape index (κ2) is 3.58. The number of benzene rings is 1. The summed E-state index contributed by atoms with van der Waals surface area (Å²) >= 11 is 0. The monoisotopic (exact) mass is 230 g/mol. The van der Waals surface area contributed by atoms with Gasteiger partial charge in [0.25, 0.3) is 11.8 Å². The normalized spacial score (nSPS) is 19.2. The molecule has 0 unspecified atom stereocenters. The van der Waals surface area contributed by atoms with Crippen molar-refractivity contribution in [3.63, 3.8) is 0 Å². The number of imide groups is 1. The molecule has 0 bridgehead atoms. The molecule has 1 aromatic rings. The predicted molar refractivity (Wildman–Crippen MR) is 64.1 cm³/mol. The fourth-order valence-corrected chi connectivity index (χ4v) is 2.24. The van der Waals surface area contributed by atoms with Gasteiger partial charge in [0.15, 0.2) is 0 Å². The van der Waals surface area contributed by atoms with Crippen molar-refractivity contribution in [2.75, 3.05) is 12.4 Å². The van der Waals surface area contributed by atoms with Crippen LogP contribution in [-0.2, 0) is 0 Å². The van der Waals surface area contributed by atoms with E-state index in [0.717, 1.165) is 10.6 Å². The molecule has 1 aromatic carbocycles. The van der Waals surface area contributed by atoms with Crippen LogP contribution in [0.5, 0.6) is 0 Å². The Bertz CT molecular complexity index is 506. The Hall–Kier alpha value is -1.84. The highest BCUT2D eigenvalue weighted by Gasteiger charge is 2.32. The van der Waals surface area contributed by atoms with Crippen molar-refractivity contribution in [2.45, 2.75) is 25.3 Å². The fourth-order valence-electron chi connectivity index (χ4n) is 2.24. The molecule has 88 valence electrons. The molecule has 0 aromatic heterocycles. The zero-order valence-corrected chi connectivity index (χ0v) is 9.69. The van der Waals surface area contributed by atoms with Crippen LogP contribution in [-0.4, -0.2) is 29.8 Å². The number of carbonyl (C=O) groups excluding carboxylic acids is 2. The Balaban J connectivity index is 1.91. The predicted octanol–water partition coefficient (Wildman–Crippen LogP) is 1.88. The van der Waals surface area contributed by atoms with E-state index in [1.54, 1.807) is 12.1 Å². The molecule has 1 fully saturated rings. The second-order valence-corrected chi connectivity index (χ2v) is 4.70. The highest BCUT2D eigenvalue weighted by Crippen LogP contribution is 2.27. The summed E-state index contributed by atoms with van der Waals surface area (Å²) in [5.74, 6) is -0.414. The number of nitrogens with zero attached hydrogens (tertiary/aromatic N) is 1. The molecule has 17 heavy (non-hydrogen) atoms. The lowest BCUT2D eigenvalue weighted by Crippen LogP contribution is -2.27. The van der Waals surface area contributed by atoms with Crippen molar-refractivity contribution in [3.8, 4) is 0 Å². The molecule has 3 rings (SSSR count). The molecule has 0 radical (unpaired) electrons. The maximum atomic E-state index is 11.8. The van der Waals surface area contributed by atoms with Crippen LogP contribution in [0, 0.1) is 0 Å². The van der Waals surface area contributed by atoms with Crippen molar-refractivity contribution < 1.29 is 9.59 Å². The van der Waals surface area contributed by atoms with E-state index in [-0.39, 0.29) is 11.8 Å². The van der Waals surface area contributed by atoms with Gasteiger partial charge >= 0.3 is 0 Å². The number of anilines is 1. The molecule has 4 heteroatoms. The molecule has 0 spiro atoms. The van der Waals surface area contributed by atoms with Crippen LogP contribution in [0.4, 0.5) is 5.69 Å². The summed E-state index contributed by atoms with van der Waals surface area (Å²) < 4.78 is 0. The van der Waals surface area contributed by atoms with Gasteiger partial charge in [-0.2, -0.15) is 0 Å². The molecule has 0 saturated heterocycles. The minimum atomic E-state index is -0.208. The van der Waals surface area contributed by atoms with Crippen molar-refractivity contribution in [1.29, 1.82) is 0 Å². The first-order chi connectivity index (χ1) is 8.16. The first-order valence-electron chi connectivity index (χ1n) is 5.90. The van der Waals surface area contributed by atoms with Gasteiger partial charge in [0.1, 0.15) is 0 Å². The van der Waals surface area contributed by atoms with Crippen LogP contribution < -0.4 is 5.32 Å². The van der Waals surface area contributed by atoms with Gasteiger partial charge in [0.05, 0.1) is 11.1 Å². The van der Waals surface area contributed by atoms with Crippen LogP contribution in [0.15, 0.2) is 18.2 Å². The zero-order valence-electron chi connectivity index (χ0n) is 9.69. The van der Waals surface area contributed by atoms with Gasteiger partial charge in [0.2, 0.25) is 0 Å². The zero-order chi connectivity index (χ0) is 12.0. The summed E-state index contributed by atoms with van der Waals surface area (Å²) in [7, 11) is 1.52. The van der Waals surface area contributed by atoms with Gasteiger partial charge < -0.3 is 5.32 Å². The number of amides is 2. The van der Waals surface area contributed by atoms with E-state index in [9.17, 15) is 9.59 Å². The molecule has 2 amide bonds. The molecule has 1 aliphatic carbocycles. The van der Waals surface area contributed by atoms with Gasteiger partial charge in [0, 0.05) is 18.8 Å². The van der Waals surface area contributed by atoms with Crippen LogP contribution >= 0.6 is 0 Å². The number of hydrogen-bond acceptors (Lipinski definition) is 3. The lowest BCUT2D eigenvalue weighted by molar-refractivity contribution is 0.0693. The van der Waals surface area contributed by atoms with Crippen LogP contribution in [0.3, 0.4) is 0 Å². The summed E-state index contributed by atoms with van der Waals surface area (Å²) in [6.07, 6.45) is 3.64. The van der Waals surface area contributed by atoms with Crippen molar-refractivity contribution >= 4 is 17.5 Å². The maximum Gasteiger partial charge on any atom is 0.261 e. The van der Waals surface area contributed by atoms with Crippen LogP contribution in [0.25, 0.3) is 0 Å². The molecule has 1 saturated carbocycles. The van der Waals surface area contributed by atoms with E-state index < -0.39 is 0 Å². The lowest BCUT2D eigenvalue weighted by atomic mass is 9.93. The fraction of sp³-hybridized carbons (Fsp3) is 0.385. The first-order valence-corrected chi connectivity index (χ1v) is 5.90. The molecule has 2 aliphatic rings. The summed E-state index contributed by atoms with van der Waals surface area (Å²) in [6.45, 7) is 0. The quantitative estimate of drug-likeness (QED) is 0.789. The first kappa shape index (κ1) is 10.3. The summed E-state index contributed by atoms with van der Waals surface area (Å²) in [5, 5.41) is 3.38. The van der Waals surface area contributed by atoms with Gasteiger partial charge in [-0.3, -0.25) is 14.5 Å². The maximum absolute atomic E-state index is 11.8. The molecule has 4 nitrogen and oxygen atoms in total. The SMILES string of the molecule is CN1C(=O)c2ccc(NC3CCC3)cc2C1=O. The highest BCUT2D eigenvalue weighted by molar-refractivity contribution is 6.21. The minimum absolute atomic E-state index is 0.206. The highest BCUT2D eigenvalue weighted by atomic mass is 16.2. The Labute approximate surface area is 99.6 Å². The number of rotatable bonds is 2. The van der Waals surface area contributed by atoms with Gasteiger partial charge in [-0.05, 0) is 37.5 Å². The molecular formula is C13H14N2O2. The van der Waals surface area contributed by atoms with E-state index in [1.165, 1.54) is 26.3 Å². The van der Waals surface area contributed by atoms with Crippen LogP contribution in [0.1, 0.15) is 40.0 Å². The third kappa shape index (κ3) is 1.52. The Morgan fingerprint density at radius 3 is 2.53 bits per heavy atom. The third-order valence-corrected chi connectivity index (χ3v) is 3.57. The summed E-state index contributed by atoms with van der Waals surface area (Å²) in [6, 6.07) is 5.93. The van der Waals surface area contributed by atoms with E-state index >= 15 is 0 Å². The average Bonchev–Trinajstić information content (AvgIpc) is 2.49. The standard InChI is InChI=1S/C13H14N2O2/c1-15-12(16)10-6-5-9(7-11(10)13(15)17)14-8-3-2-4-8/h5-8,14H,2-4H2,1H3. The molecule has 1 heterocycles. The number of carbonyl (C=O) groups is 2. The third-order valence-electron chi connectivity index (χ3n) is 3.57.